The van der Waals surface area contributed by atoms with Crippen molar-refractivity contribution in [2.24, 2.45) is 17.8 Å². The number of hydrogen-bond donors (Lipinski definition) is 2. The van der Waals surface area contributed by atoms with Gasteiger partial charge in [-0.15, -0.1) is 0 Å². The van der Waals surface area contributed by atoms with E-state index in [2.05, 4.69) is 43.2 Å². The van der Waals surface area contributed by atoms with Crippen LogP contribution in [-0.2, 0) is 4.79 Å². The first-order valence-corrected chi connectivity index (χ1v) is 11.5. The van der Waals surface area contributed by atoms with Gasteiger partial charge in [-0.2, -0.15) is 0 Å². The van der Waals surface area contributed by atoms with E-state index in [1.165, 1.54) is 0 Å². The van der Waals surface area contributed by atoms with E-state index < -0.39 is 0 Å². The van der Waals surface area contributed by atoms with Crippen molar-refractivity contribution in [1.82, 2.24) is 0 Å². The lowest BCUT2D eigenvalue weighted by Gasteiger charge is -2.31. The predicted octanol–water partition coefficient (Wildman–Crippen LogP) is 6.07. The molecule has 32 heavy (non-hydrogen) atoms. The predicted molar refractivity (Wildman–Crippen MR) is 131 cm³/mol. The first-order valence-electron chi connectivity index (χ1n) is 11.5. The molecule has 0 aliphatic heterocycles. The zero-order chi connectivity index (χ0) is 23.3. The van der Waals surface area contributed by atoms with Gasteiger partial charge in [-0.1, -0.05) is 45.9 Å². The largest absolute Gasteiger partial charge is 0.424 e. The number of para-hydroxylation sites is 1. The molecule has 0 aromatic heterocycles. The zero-order valence-corrected chi connectivity index (χ0v) is 19.8. The maximum absolute atomic E-state index is 12.9. The normalized spacial score (nSPS) is 13.2. The number of nitrogens with zero attached hydrogens (tertiary/aromatic N) is 1. The van der Waals surface area contributed by atoms with Crippen LogP contribution in [-0.4, -0.2) is 25.1 Å². The van der Waals surface area contributed by atoms with E-state index in [1.807, 2.05) is 43.3 Å². The summed E-state index contributed by atoms with van der Waals surface area (Å²) in [6.45, 7) is 12.3. The van der Waals surface area contributed by atoms with Crippen LogP contribution < -0.4 is 20.3 Å². The molecule has 1 fully saturated rings. The highest BCUT2D eigenvalue weighted by Gasteiger charge is 2.32. The Morgan fingerprint density at radius 3 is 2.25 bits per heavy atom. The van der Waals surface area contributed by atoms with Gasteiger partial charge < -0.3 is 20.3 Å². The smallest absolute Gasteiger partial charge is 0.323 e. The molecule has 3 rings (SSSR count). The molecule has 1 aliphatic rings. The maximum atomic E-state index is 12.9. The molecule has 0 atom stereocenters. The minimum Gasteiger partial charge on any atom is -0.424 e. The van der Waals surface area contributed by atoms with E-state index in [9.17, 15) is 9.59 Å². The summed E-state index contributed by atoms with van der Waals surface area (Å²) in [6.07, 6.45) is 1.73. The topological polar surface area (TPSA) is 70.7 Å². The molecule has 0 heterocycles. The number of nitrogens with one attached hydrogen (secondary N) is 2. The van der Waals surface area contributed by atoms with Crippen molar-refractivity contribution in [1.29, 1.82) is 0 Å². The van der Waals surface area contributed by atoms with Gasteiger partial charge in [-0.3, -0.25) is 4.79 Å². The standard InChI is InChI=1S/C26H35N3O3/c1-17(2)15-29(16-18(3)4)22-10-7-11-23(32-25(30)20-12-13-20)24(22)28-26(31)27-21-9-6-8-19(5)14-21/h6-11,14,17-18,20H,12-13,15-16H2,1-5H3,(H2,27,28,31). The molecule has 0 bridgehead atoms. The van der Waals surface area contributed by atoms with Gasteiger partial charge >= 0.3 is 12.0 Å². The Balaban J connectivity index is 1.92. The monoisotopic (exact) mass is 437 g/mol. The van der Waals surface area contributed by atoms with Crippen molar-refractivity contribution in [3.8, 4) is 5.75 Å². The number of anilines is 3. The lowest BCUT2D eigenvalue weighted by atomic mass is 10.1. The molecule has 0 radical (unpaired) electrons. The highest BCUT2D eigenvalue weighted by Crippen LogP contribution is 2.38. The highest BCUT2D eigenvalue weighted by atomic mass is 16.5. The lowest BCUT2D eigenvalue weighted by molar-refractivity contribution is -0.135. The number of benzene rings is 2. The van der Waals surface area contributed by atoms with E-state index in [-0.39, 0.29) is 17.9 Å². The van der Waals surface area contributed by atoms with E-state index in [4.69, 9.17) is 4.74 Å². The molecular weight excluding hydrogens is 402 g/mol. The molecule has 1 saturated carbocycles. The minimum absolute atomic E-state index is 0.0324. The van der Waals surface area contributed by atoms with Gasteiger partial charge in [-0.05, 0) is 61.4 Å². The van der Waals surface area contributed by atoms with E-state index >= 15 is 0 Å². The fourth-order valence-corrected chi connectivity index (χ4v) is 3.66. The minimum atomic E-state index is -0.374. The van der Waals surface area contributed by atoms with Crippen LogP contribution in [0.5, 0.6) is 5.75 Å². The van der Waals surface area contributed by atoms with Crippen LogP contribution in [0.4, 0.5) is 21.9 Å². The molecule has 0 unspecified atom stereocenters. The van der Waals surface area contributed by atoms with Gasteiger partial charge in [0.15, 0.2) is 5.75 Å². The van der Waals surface area contributed by atoms with Gasteiger partial charge in [0, 0.05) is 18.8 Å². The molecule has 2 amide bonds. The van der Waals surface area contributed by atoms with E-state index in [0.29, 0.717) is 29.0 Å². The Morgan fingerprint density at radius 1 is 1.00 bits per heavy atom. The number of rotatable bonds is 9. The van der Waals surface area contributed by atoms with Crippen molar-refractivity contribution in [2.45, 2.75) is 47.5 Å². The number of hydrogen-bond acceptors (Lipinski definition) is 4. The van der Waals surface area contributed by atoms with Crippen LogP contribution in [0.1, 0.15) is 46.1 Å². The van der Waals surface area contributed by atoms with Crippen LogP contribution in [0.25, 0.3) is 0 Å². The quantitative estimate of drug-likeness (QED) is 0.369. The molecule has 1 aliphatic carbocycles. The summed E-state index contributed by atoms with van der Waals surface area (Å²) < 4.78 is 5.73. The molecule has 172 valence electrons. The molecule has 0 spiro atoms. The summed E-state index contributed by atoms with van der Waals surface area (Å²) in [7, 11) is 0. The van der Waals surface area contributed by atoms with E-state index in [1.54, 1.807) is 6.07 Å². The van der Waals surface area contributed by atoms with Crippen molar-refractivity contribution < 1.29 is 14.3 Å². The summed E-state index contributed by atoms with van der Waals surface area (Å²) in [6, 6.07) is 12.8. The number of amides is 2. The van der Waals surface area contributed by atoms with Crippen LogP contribution >= 0.6 is 0 Å². The van der Waals surface area contributed by atoms with Gasteiger partial charge in [0.1, 0.15) is 5.69 Å². The second-order valence-corrected chi connectivity index (χ2v) is 9.49. The van der Waals surface area contributed by atoms with Crippen LogP contribution in [0, 0.1) is 24.7 Å². The van der Waals surface area contributed by atoms with Crippen LogP contribution in [0.15, 0.2) is 42.5 Å². The van der Waals surface area contributed by atoms with Crippen molar-refractivity contribution in [2.75, 3.05) is 28.6 Å². The van der Waals surface area contributed by atoms with Crippen molar-refractivity contribution in [3.63, 3.8) is 0 Å². The first kappa shape index (κ1) is 23.6. The molecule has 6 heteroatoms. The van der Waals surface area contributed by atoms with Crippen molar-refractivity contribution >= 4 is 29.1 Å². The van der Waals surface area contributed by atoms with Gasteiger partial charge in [-0.25, -0.2) is 4.79 Å². The highest BCUT2D eigenvalue weighted by molar-refractivity contribution is 6.03. The van der Waals surface area contributed by atoms with Crippen LogP contribution in [0.2, 0.25) is 0 Å². The lowest BCUT2D eigenvalue weighted by Crippen LogP contribution is -2.33. The Kier molecular flexibility index (Phi) is 7.78. The summed E-state index contributed by atoms with van der Waals surface area (Å²) in [5.41, 5.74) is 3.14. The first-order chi connectivity index (χ1) is 15.2. The fraction of sp³-hybridized carbons (Fsp3) is 0.462. The average Bonchev–Trinajstić information content (AvgIpc) is 3.53. The van der Waals surface area contributed by atoms with Crippen LogP contribution in [0.3, 0.4) is 0 Å². The van der Waals surface area contributed by atoms with E-state index in [0.717, 1.165) is 37.2 Å². The molecule has 2 N–H and O–H groups in total. The number of urea groups is 1. The average molecular weight is 438 g/mol. The summed E-state index contributed by atoms with van der Waals surface area (Å²) in [5.74, 6) is 0.982. The number of carbonyl (C=O) groups excluding carboxylic acids is 2. The fourth-order valence-electron chi connectivity index (χ4n) is 3.66. The van der Waals surface area contributed by atoms with Gasteiger partial charge in [0.05, 0.1) is 11.6 Å². The Hall–Kier alpha value is -3.02. The molecule has 2 aromatic rings. The third-order valence-corrected chi connectivity index (χ3v) is 5.15. The van der Waals surface area contributed by atoms with Gasteiger partial charge in [0.2, 0.25) is 0 Å². The second kappa shape index (κ2) is 10.5. The van der Waals surface area contributed by atoms with Crippen molar-refractivity contribution in [3.05, 3.63) is 48.0 Å². The molecule has 2 aromatic carbocycles. The summed E-state index contributed by atoms with van der Waals surface area (Å²) >= 11 is 0. The Morgan fingerprint density at radius 2 is 1.66 bits per heavy atom. The number of carbonyl (C=O) groups is 2. The molecule has 0 saturated heterocycles. The SMILES string of the molecule is Cc1cccc(NC(=O)Nc2c(OC(=O)C3CC3)cccc2N(CC(C)C)CC(C)C)c1. The molecule has 6 nitrogen and oxygen atoms in total. The maximum Gasteiger partial charge on any atom is 0.323 e. The summed E-state index contributed by atoms with van der Waals surface area (Å²) in [5, 5.41) is 5.86. The number of esters is 1. The Bertz CT molecular complexity index is 941. The summed E-state index contributed by atoms with van der Waals surface area (Å²) in [4.78, 5) is 27.6. The third kappa shape index (κ3) is 6.74. The number of aryl methyl sites for hydroxylation is 1. The second-order valence-electron chi connectivity index (χ2n) is 9.49. The Labute approximate surface area is 191 Å². The zero-order valence-electron chi connectivity index (χ0n) is 19.8. The third-order valence-electron chi connectivity index (χ3n) is 5.15. The molecular formula is C26H35N3O3. The number of ether oxygens (including phenoxy) is 1. The van der Waals surface area contributed by atoms with Gasteiger partial charge in [0.25, 0.3) is 0 Å².